The number of amides is 1. The molecule has 0 saturated carbocycles. The number of hydrogen-bond donors (Lipinski definition) is 2. The highest BCUT2D eigenvalue weighted by Gasteiger charge is 2.23. The van der Waals surface area contributed by atoms with Crippen LogP contribution in [0.25, 0.3) is 22.2 Å². The van der Waals surface area contributed by atoms with Crippen LogP contribution in [0.2, 0.25) is 0 Å². The molecule has 0 bridgehead atoms. The molecule has 2 heterocycles. The van der Waals surface area contributed by atoms with Crippen LogP contribution in [-0.2, 0) is 11.2 Å². The fraction of sp³-hybridized carbons (Fsp3) is 0.158. The predicted molar refractivity (Wildman–Crippen MR) is 91.1 cm³/mol. The van der Waals surface area contributed by atoms with Crippen molar-refractivity contribution >= 4 is 22.8 Å². The van der Waals surface area contributed by atoms with E-state index in [2.05, 4.69) is 10.3 Å². The molecular formula is C19H15FN2O3. The van der Waals surface area contributed by atoms with Gasteiger partial charge < -0.3 is 15.0 Å². The van der Waals surface area contributed by atoms with E-state index in [0.717, 1.165) is 22.2 Å². The highest BCUT2D eigenvalue weighted by atomic mass is 19.1. The smallest absolute Gasteiger partial charge is 0.337 e. The number of carbonyl (C=O) groups is 2. The second kappa shape index (κ2) is 5.73. The molecule has 3 aromatic rings. The number of H-pyrrole nitrogens is 1. The van der Waals surface area contributed by atoms with Crippen molar-refractivity contribution in [1.29, 1.82) is 0 Å². The molecule has 1 amide bonds. The zero-order chi connectivity index (χ0) is 17.6. The first kappa shape index (κ1) is 15.4. The van der Waals surface area contributed by atoms with Crippen molar-refractivity contribution in [2.45, 2.75) is 6.42 Å². The van der Waals surface area contributed by atoms with E-state index in [1.54, 1.807) is 12.1 Å². The van der Waals surface area contributed by atoms with Gasteiger partial charge in [0.05, 0.1) is 18.2 Å². The number of carbonyl (C=O) groups excluding carboxylic acids is 2. The summed E-state index contributed by atoms with van der Waals surface area (Å²) < 4.78 is 18.6. The SMILES string of the molecule is COC(=O)c1ccc(-c2[nH]c3cc(F)cc4c3c2CCNC4=O)cc1. The molecule has 0 atom stereocenters. The van der Waals surface area contributed by atoms with E-state index in [1.807, 2.05) is 12.1 Å². The molecule has 1 aliphatic heterocycles. The Balaban J connectivity index is 1.91. The molecular weight excluding hydrogens is 323 g/mol. The largest absolute Gasteiger partial charge is 0.465 e. The van der Waals surface area contributed by atoms with Crippen molar-refractivity contribution in [2.24, 2.45) is 0 Å². The van der Waals surface area contributed by atoms with Crippen molar-refractivity contribution in [3.63, 3.8) is 0 Å². The van der Waals surface area contributed by atoms with E-state index in [4.69, 9.17) is 4.74 Å². The number of benzene rings is 2. The van der Waals surface area contributed by atoms with E-state index in [-0.39, 0.29) is 5.91 Å². The summed E-state index contributed by atoms with van der Waals surface area (Å²) in [7, 11) is 1.33. The molecule has 2 N–H and O–H groups in total. The molecule has 0 fully saturated rings. The van der Waals surface area contributed by atoms with Gasteiger partial charge in [-0.25, -0.2) is 9.18 Å². The van der Waals surface area contributed by atoms with Gasteiger partial charge in [0.2, 0.25) is 0 Å². The zero-order valence-electron chi connectivity index (χ0n) is 13.5. The zero-order valence-corrected chi connectivity index (χ0v) is 13.5. The van der Waals surface area contributed by atoms with Gasteiger partial charge in [-0.3, -0.25) is 4.79 Å². The lowest BCUT2D eigenvalue weighted by atomic mass is 9.99. The van der Waals surface area contributed by atoms with Crippen LogP contribution in [-0.4, -0.2) is 30.5 Å². The molecule has 1 aliphatic rings. The number of methoxy groups -OCH3 is 1. The molecule has 0 saturated heterocycles. The number of halogens is 1. The Labute approximate surface area is 142 Å². The number of nitrogens with one attached hydrogen (secondary N) is 2. The first-order valence-electron chi connectivity index (χ1n) is 7.89. The molecule has 25 heavy (non-hydrogen) atoms. The Bertz CT molecular complexity index is 1010. The van der Waals surface area contributed by atoms with Gasteiger partial charge in [0.15, 0.2) is 0 Å². The van der Waals surface area contributed by atoms with Crippen LogP contribution in [0.1, 0.15) is 26.3 Å². The standard InChI is InChI=1S/C19H15FN2O3/c1-25-19(24)11-4-2-10(3-5-11)17-13-6-7-21-18(23)14-8-12(20)9-15(22-17)16(13)14/h2-5,8-9,22H,6-7H2,1H3,(H,21,23). The lowest BCUT2D eigenvalue weighted by Gasteiger charge is -2.05. The van der Waals surface area contributed by atoms with Gasteiger partial charge in [0.1, 0.15) is 5.82 Å². The van der Waals surface area contributed by atoms with Crippen molar-refractivity contribution in [3.8, 4) is 11.3 Å². The van der Waals surface area contributed by atoms with Crippen LogP contribution in [0, 0.1) is 5.82 Å². The third-order valence-electron chi connectivity index (χ3n) is 4.47. The van der Waals surface area contributed by atoms with Gasteiger partial charge in [-0.15, -0.1) is 0 Å². The minimum absolute atomic E-state index is 0.269. The number of rotatable bonds is 2. The second-order valence-corrected chi connectivity index (χ2v) is 5.93. The average molecular weight is 338 g/mol. The van der Waals surface area contributed by atoms with E-state index in [1.165, 1.54) is 19.2 Å². The third-order valence-corrected chi connectivity index (χ3v) is 4.47. The molecule has 0 radical (unpaired) electrons. The molecule has 0 aliphatic carbocycles. The first-order chi connectivity index (χ1) is 12.1. The maximum Gasteiger partial charge on any atom is 0.337 e. The van der Waals surface area contributed by atoms with Crippen LogP contribution in [0.5, 0.6) is 0 Å². The Morgan fingerprint density at radius 1 is 1.20 bits per heavy atom. The number of ether oxygens (including phenoxy) is 1. The minimum atomic E-state index is -0.458. The topological polar surface area (TPSA) is 71.2 Å². The van der Waals surface area contributed by atoms with Crippen LogP contribution in [0.15, 0.2) is 36.4 Å². The van der Waals surface area contributed by atoms with Crippen molar-refractivity contribution in [2.75, 3.05) is 13.7 Å². The maximum atomic E-state index is 13.9. The second-order valence-electron chi connectivity index (χ2n) is 5.93. The number of aromatic amines is 1. The minimum Gasteiger partial charge on any atom is -0.465 e. The van der Waals surface area contributed by atoms with E-state index in [0.29, 0.717) is 29.6 Å². The van der Waals surface area contributed by atoms with Gasteiger partial charge in [-0.2, -0.15) is 0 Å². The summed E-state index contributed by atoms with van der Waals surface area (Å²) in [4.78, 5) is 27.0. The summed E-state index contributed by atoms with van der Waals surface area (Å²) in [6.07, 6.45) is 0.637. The van der Waals surface area contributed by atoms with E-state index >= 15 is 0 Å². The molecule has 6 heteroatoms. The van der Waals surface area contributed by atoms with E-state index in [9.17, 15) is 14.0 Å². The quantitative estimate of drug-likeness (QED) is 0.706. The van der Waals surface area contributed by atoms with Gasteiger partial charge in [0.25, 0.3) is 5.91 Å². The van der Waals surface area contributed by atoms with Crippen molar-refractivity contribution in [3.05, 3.63) is 58.9 Å². The summed E-state index contributed by atoms with van der Waals surface area (Å²) in [6.45, 7) is 0.481. The number of aromatic nitrogens is 1. The lowest BCUT2D eigenvalue weighted by molar-refractivity contribution is 0.0600. The Morgan fingerprint density at radius 2 is 1.96 bits per heavy atom. The van der Waals surface area contributed by atoms with Crippen LogP contribution in [0.4, 0.5) is 4.39 Å². The molecule has 0 unspecified atom stereocenters. The summed E-state index contributed by atoms with van der Waals surface area (Å²) >= 11 is 0. The molecule has 2 aromatic carbocycles. The summed E-state index contributed by atoms with van der Waals surface area (Å²) in [6, 6.07) is 9.65. The third kappa shape index (κ3) is 2.46. The van der Waals surface area contributed by atoms with Crippen LogP contribution < -0.4 is 5.32 Å². The molecule has 0 spiro atoms. The van der Waals surface area contributed by atoms with Gasteiger partial charge >= 0.3 is 5.97 Å². The molecule has 5 nitrogen and oxygen atoms in total. The Kier molecular flexibility index (Phi) is 3.53. The fourth-order valence-corrected chi connectivity index (χ4v) is 3.33. The molecule has 1 aromatic heterocycles. The van der Waals surface area contributed by atoms with Gasteiger partial charge in [-0.1, -0.05) is 12.1 Å². The summed E-state index contributed by atoms with van der Waals surface area (Å²) in [5.41, 5.74) is 4.05. The first-order valence-corrected chi connectivity index (χ1v) is 7.89. The van der Waals surface area contributed by atoms with Gasteiger partial charge in [0, 0.05) is 23.1 Å². The van der Waals surface area contributed by atoms with Crippen molar-refractivity contribution in [1.82, 2.24) is 10.3 Å². The monoisotopic (exact) mass is 338 g/mol. The van der Waals surface area contributed by atoms with E-state index < -0.39 is 11.8 Å². The summed E-state index contributed by atoms with van der Waals surface area (Å²) in [5, 5.41) is 3.55. The average Bonchev–Trinajstić information content (AvgIpc) is 2.89. The van der Waals surface area contributed by atoms with Crippen molar-refractivity contribution < 1.29 is 18.7 Å². The summed E-state index contributed by atoms with van der Waals surface area (Å²) in [5.74, 6) is -1.13. The Hall–Kier alpha value is -3.15. The highest BCUT2D eigenvalue weighted by Crippen LogP contribution is 2.34. The Morgan fingerprint density at radius 3 is 2.68 bits per heavy atom. The predicted octanol–water partition coefficient (Wildman–Crippen LogP) is 3.05. The number of esters is 1. The highest BCUT2D eigenvalue weighted by molar-refractivity contribution is 6.10. The maximum absolute atomic E-state index is 13.9. The van der Waals surface area contributed by atoms with Gasteiger partial charge in [-0.05, 0) is 41.8 Å². The lowest BCUT2D eigenvalue weighted by Crippen LogP contribution is -2.23. The van der Waals surface area contributed by atoms with Crippen LogP contribution in [0.3, 0.4) is 0 Å². The number of hydrogen-bond acceptors (Lipinski definition) is 3. The normalized spacial score (nSPS) is 13.4. The molecule has 4 rings (SSSR count). The fourth-order valence-electron chi connectivity index (χ4n) is 3.33. The molecule has 126 valence electrons. The van der Waals surface area contributed by atoms with Crippen LogP contribution >= 0.6 is 0 Å².